The minimum Gasteiger partial charge on any atom is -0.388 e. The van der Waals surface area contributed by atoms with Gasteiger partial charge in [0.25, 0.3) is 0 Å². The van der Waals surface area contributed by atoms with Gasteiger partial charge in [0.05, 0.1) is 16.3 Å². The third kappa shape index (κ3) is 1.33. The van der Waals surface area contributed by atoms with Crippen LogP contribution in [0.1, 0.15) is 24.5 Å². The molecule has 72 valence electrons. The van der Waals surface area contributed by atoms with E-state index in [1.807, 2.05) is 11.4 Å². The summed E-state index contributed by atoms with van der Waals surface area (Å²) in [5.41, 5.74) is 2.00. The number of rotatable bonds is 2. The van der Waals surface area contributed by atoms with Crippen molar-refractivity contribution in [2.75, 3.05) is 0 Å². The summed E-state index contributed by atoms with van der Waals surface area (Å²) < 4.78 is 1.17. The molecule has 1 atom stereocenters. The first-order valence-corrected chi connectivity index (χ1v) is 5.74. The van der Waals surface area contributed by atoms with Crippen LogP contribution in [0.25, 0.3) is 10.2 Å². The van der Waals surface area contributed by atoms with Crippen molar-refractivity contribution < 1.29 is 5.11 Å². The predicted molar refractivity (Wildman–Crippen MR) is 57.3 cm³/mol. The highest BCUT2D eigenvalue weighted by Crippen LogP contribution is 2.41. The monoisotopic (exact) mass is 205 g/mol. The number of aromatic nitrogens is 1. The number of thiophene rings is 1. The molecule has 0 aliphatic heterocycles. The van der Waals surface area contributed by atoms with E-state index in [-0.39, 0.29) is 6.10 Å². The van der Waals surface area contributed by atoms with Crippen LogP contribution >= 0.6 is 11.3 Å². The van der Waals surface area contributed by atoms with Gasteiger partial charge in [-0.2, -0.15) is 0 Å². The molecule has 2 nitrogen and oxygen atoms in total. The largest absolute Gasteiger partial charge is 0.388 e. The Balaban J connectivity index is 2.03. The van der Waals surface area contributed by atoms with Gasteiger partial charge in [-0.15, -0.1) is 11.3 Å². The number of hydrogen-bond donors (Lipinski definition) is 1. The first-order chi connectivity index (χ1) is 6.84. The lowest BCUT2D eigenvalue weighted by atomic mass is 10.1. The Morgan fingerprint density at radius 1 is 1.50 bits per heavy atom. The van der Waals surface area contributed by atoms with Crippen molar-refractivity contribution in [3.8, 4) is 0 Å². The topological polar surface area (TPSA) is 33.1 Å². The normalized spacial score (nSPS) is 18.6. The van der Waals surface area contributed by atoms with E-state index in [1.54, 1.807) is 17.5 Å². The van der Waals surface area contributed by atoms with Gasteiger partial charge in [-0.1, -0.05) is 0 Å². The van der Waals surface area contributed by atoms with E-state index in [0.29, 0.717) is 5.92 Å². The molecule has 2 heterocycles. The van der Waals surface area contributed by atoms with Crippen LogP contribution in [0.15, 0.2) is 23.7 Å². The maximum atomic E-state index is 9.92. The molecule has 1 aliphatic carbocycles. The Labute approximate surface area is 86.2 Å². The number of hydrogen-bond acceptors (Lipinski definition) is 3. The fourth-order valence-electron chi connectivity index (χ4n) is 1.71. The van der Waals surface area contributed by atoms with Crippen LogP contribution in [0, 0.1) is 5.92 Å². The van der Waals surface area contributed by atoms with Crippen molar-refractivity contribution in [1.82, 2.24) is 4.98 Å². The Morgan fingerprint density at radius 3 is 3.14 bits per heavy atom. The molecule has 0 aromatic carbocycles. The first kappa shape index (κ1) is 8.38. The second-order valence-electron chi connectivity index (χ2n) is 3.85. The van der Waals surface area contributed by atoms with Crippen molar-refractivity contribution in [1.29, 1.82) is 0 Å². The van der Waals surface area contributed by atoms with E-state index >= 15 is 0 Å². The summed E-state index contributed by atoms with van der Waals surface area (Å²) in [5.74, 6) is 0.481. The molecule has 0 radical (unpaired) electrons. The highest BCUT2D eigenvalue weighted by atomic mass is 32.1. The summed E-state index contributed by atoms with van der Waals surface area (Å²) in [6, 6.07) is 4.07. The van der Waals surface area contributed by atoms with E-state index < -0.39 is 0 Å². The van der Waals surface area contributed by atoms with E-state index in [0.717, 1.165) is 23.9 Å². The summed E-state index contributed by atoms with van der Waals surface area (Å²) in [5, 5.41) is 12.0. The van der Waals surface area contributed by atoms with Gasteiger partial charge in [0, 0.05) is 11.8 Å². The number of aliphatic hydroxyl groups is 1. The maximum absolute atomic E-state index is 9.92. The Kier molecular flexibility index (Phi) is 1.82. The lowest BCUT2D eigenvalue weighted by Crippen LogP contribution is -1.99. The standard InChI is InChI=1S/C11H11NOS/c13-11(7-1-2-7)8-5-10-9(12-6-8)3-4-14-10/h3-7,11,13H,1-2H2. The van der Waals surface area contributed by atoms with Crippen LogP contribution < -0.4 is 0 Å². The molecule has 0 spiro atoms. The Morgan fingerprint density at radius 2 is 2.36 bits per heavy atom. The maximum Gasteiger partial charge on any atom is 0.0833 e. The van der Waals surface area contributed by atoms with E-state index in [4.69, 9.17) is 0 Å². The van der Waals surface area contributed by atoms with Crippen LogP contribution in [0.5, 0.6) is 0 Å². The van der Waals surface area contributed by atoms with E-state index in [1.165, 1.54) is 4.70 Å². The third-order valence-corrected chi connectivity index (χ3v) is 3.59. The van der Waals surface area contributed by atoms with Crippen LogP contribution in [-0.2, 0) is 0 Å². The van der Waals surface area contributed by atoms with Crippen molar-refractivity contribution >= 4 is 21.6 Å². The van der Waals surface area contributed by atoms with Gasteiger partial charge < -0.3 is 5.11 Å². The molecule has 2 aromatic heterocycles. The minimum atomic E-state index is -0.297. The first-order valence-electron chi connectivity index (χ1n) is 4.86. The average Bonchev–Trinajstić information content (AvgIpc) is 2.95. The SMILES string of the molecule is OC(c1cnc2ccsc2c1)C1CC1. The van der Waals surface area contributed by atoms with Gasteiger partial charge in [0.2, 0.25) is 0 Å². The number of pyridine rings is 1. The molecule has 1 saturated carbocycles. The summed E-state index contributed by atoms with van der Waals surface area (Å²) in [6.07, 6.45) is 3.82. The molecule has 3 heteroatoms. The van der Waals surface area contributed by atoms with Gasteiger partial charge in [-0.25, -0.2) is 0 Å². The third-order valence-electron chi connectivity index (χ3n) is 2.73. The smallest absolute Gasteiger partial charge is 0.0833 e. The summed E-state index contributed by atoms with van der Waals surface area (Å²) in [4.78, 5) is 4.32. The predicted octanol–water partition coefficient (Wildman–Crippen LogP) is 2.74. The van der Waals surface area contributed by atoms with Crippen molar-refractivity contribution in [3.63, 3.8) is 0 Å². The quantitative estimate of drug-likeness (QED) is 0.817. The molecule has 0 amide bonds. The van der Waals surface area contributed by atoms with Crippen molar-refractivity contribution in [2.45, 2.75) is 18.9 Å². The molecule has 1 N–H and O–H groups in total. The van der Waals surface area contributed by atoms with Gasteiger partial charge in [0.1, 0.15) is 0 Å². The molecular weight excluding hydrogens is 194 g/mol. The molecule has 14 heavy (non-hydrogen) atoms. The van der Waals surface area contributed by atoms with Gasteiger partial charge >= 0.3 is 0 Å². The van der Waals surface area contributed by atoms with Gasteiger partial charge in [-0.05, 0) is 36.3 Å². The molecule has 0 saturated heterocycles. The lowest BCUT2D eigenvalue weighted by Gasteiger charge is -2.08. The highest BCUT2D eigenvalue weighted by molar-refractivity contribution is 7.17. The average molecular weight is 205 g/mol. The van der Waals surface area contributed by atoms with Crippen LogP contribution in [0.4, 0.5) is 0 Å². The Hall–Kier alpha value is -0.930. The van der Waals surface area contributed by atoms with E-state index in [9.17, 15) is 5.11 Å². The molecular formula is C11H11NOS. The summed E-state index contributed by atoms with van der Waals surface area (Å²) in [6.45, 7) is 0. The van der Waals surface area contributed by atoms with Crippen molar-refractivity contribution in [3.05, 3.63) is 29.3 Å². The zero-order chi connectivity index (χ0) is 9.54. The second kappa shape index (κ2) is 3.04. The fourth-order valence-corrected chi connectivity index (χ4v) is 2.50. The Bertz CT molecular complexity index is 461. The molecule has 1 unspecified atom stereocenters. The summed E-state index contributed by atoms with van der Waals surface area (Å²) in [7, 11) is 0. The molecule has 1 fully saturated rings. The highest BCUT2D eigenvalue weighted by Gasteiger charge is 2.30. The number of aliphatic hydroxyl groups excluding tert-OH is 1. The lowest BCUT2D eigenvalue weighted by molar-refractivity contribution is 0.153. The fraction of sp³-hybridized carbons (Fsp3) is 0.364. The summed E-state index contributed by atoms with van der Waals surface area (Å²) >= 11 is 1.68. The van der Waals surface area contributed by atoms with Crippen LogP contribution in [0.3, 0.4) is 0 Å². The minimum absolute atomic E-state index is 0.297. The van der Waals surface area contributed by atoms with E-state index in [2.05, 4.69) is 11.1 Å². The second-order valence-corrected chi connectivity index (χ2v) is 4.80. The molecule has 2 aromatic rings. The number of fused-ring (bicyclic) bond motifs is 1. The molecule has 1 aliphatic rings. The number of nitrogens with zero attached hydrogens (tertiary/aromatic N) is 1. The van der Waals surface area contributed by atoms with Crippen LogP contribution in [-0.4, -0.2) is 10.1 Å². The van der Waals surface area contributed by atoms with Crippen LogP contribution in [0.2, 0.25) is 0 Å². The zero-order valence-corrected chi connectivity index (χ0v) is 8.50. The van der Waals surface area contributed by atoms with Crippen molar-refractivity contribution in [2.24, 2.45) is 5.92 Å². The zero-order valence-electron chi connectivity index (χ0n) is 7.68. The van der Waals surface area contributed by atoms with Gasteiger partial charge in [0.15, 0.2) is 0 Å². The van der Waals surface area contributed by atoms with Gasteiger partial charge in [-0.3, -0.25) is 4.98 Å². The molecule has 3 rings (SSSR count). The molecule has 0 bridgehead atoms.